The molecule has 3 heterocycles. The number of nitrogens with one attached hydrogen (secondary N) is 2. The van der Waals surface area contributed by atoms with Crippen molar-refractivity contribution in [2.24, 2.45) is 0 Å². The molecule has 1 unspecified atom stereocenters. The highest BCUT2D eigenvalue weighted by Gasteiger charge is 2.52. The van der Waals surface area contributed by atoms with E-state index in [9.17, 15) is 32.6 Å². The van der Waals surface area contributed by atoms with Crippen LogP contribution in [0.15, 0.2) is 70.0 Å². The Morgan fingerprint density at radius 3 is 2.61 bits per heavy atom. The van der Waals surface area contributed by atoms with Gasteiger partial charge in [-0.2, -0.15) is 4.98 Å². The molecule has 5 rings (SSSR count). The lowest BCUT2D eigenvalue weighted by atomic mass is 10.2. The van der Waals surface area contributed by atoms with Gasteiger partial charge in [-0.05, 0) is 30.3 Å². The van der Waals surface area contributed by atoms with Crippen molar-refractivity contribution in [1.82, 2.24) is 14.6 Å². The highest BCUT2D eigenvalue weighted by molar-refractivity contribution is 7.51. The predicted molar refractivity (Wildman–Crippen MR) is 155 cm³/mol. The number of amides is 2. The van der Waals surface area contributed by atoms with Crippen LogP contribution in [-0.2, 0) is 25.2 Å². The van der Waals surface area contributed by atoms with Crippen LogP contribution in [0, 0.1) is 0 Å². The zero-order valence-corrected chi connectivity index (χ0v) is 25.1. The summed E-state index contributed by atoms with van der Waals surface area (Å²) in [5.41, 5.74) is -0.700. The molecule has 1 saturated heterocycles. The minimum absolute atomic E-state index is 0.0794. The van der Waals surface area contributed by atoms with Crippen molar-refractivity contribution in [3.8, 4) is 11.5 Å². The Labute approximate surface area is 258 Å². The first-order valence-corrected chi connectivity index (χ1v) is 15.0. The van der Waals surface area contributed by atoms with Crippen LogP contribution in [0.25, 0.3) is 11.0 Å². The average molecular weight is 665 g/mol. The topological polar surface area (TPSA) is 190 Å². The molecule has 3 atom stereocenters. The summed E-state index contributed by atoms with van der Waals surface area (Å²) in [5.74, 6) is -3.60. The van der Waals surface area contributed by atoms with Gasteiger partial charge in [0.2, 0.25) is 6.23 Å². The van der Waals surface area contributed by atoms with Crippen molar-refractivity contribution in [3.05, 3.63) is 82.6 Å². The summed E-state index contributed by atoms with van der Waals surface area (Å²) in [6.45, 7) is -1.10. The van der Waals surface area contributed by atoms with Gasteiger partial charge in [0.05, 0.1) is 26.9 Å². The van der Waals surface area contributed by atoms with Crippen molar-refractivity contribution < 1.29 is 55.7 Å². The van der Waals surface area contributed by atoms with E-state index in [1.807, 2.05) is 0 Å². The molecule has 46 heavy (non-hydrogen) atoms. The van der Waals surface area contributed by atoms with Crippen LogP contribution in [-0.4, -0.2) is 59.3 Å². The molecule has 3 N–H and O–H groups in total. The number of benzene rings is 2. The number of furan rings is 1. The highest BCUT2D eigenvalue weighted by Crippen LogP contribution is 2.44. The second-order valence-corrected chi connectivity index (χ2v) is 11.4. The lowest BCUT2D eigenvalue weighted by molar-refractivity contribution is -0.119. The van der Waals surface area contributed by atoms with Gasteiger partial charge in [0.15, 0.2) is 17.9 Å². The van der Waals surface area contributed by atoms with E-state index >= 15 is 0 Å². The molecule has 0 radical (unpaired) electrons. The fraction of sp³-hybridized carbons (Fsp3) is 0.286. The quantitative estimate of drug-likeness (QED) is 0.194. The first-order valence-electron chi connectivity index (χ1n) is 13.4. The highest BCUT2D eigenvalue weighted by atomic mass is 31.2. The van der Waals surface area contributed by atoms with Crippen LogP contribution >= 0.6 is 7.75 Å². The number of hydrogen-bond donors (Lipinski definition) is 3. The Balaban J connectivity index is 1.16. The zero-order valence-electron chi connectivity index (χ0n) is 24.2. The second kappa shape index (κ2) is 13.3. The number of anilines is 1. The van der Waals surface area contributed by atoms with Gasteiger partial charge in [0, 0.05) is 29.6 Å². The SMILES string of the molecule is COc1cc(OC)c2oc(COC(=O)Nc3ccn([C@@H]4O[C@H](COP(=O)(O)NC(=O)c5ccccc5)CC4(F)F)c(=O)n3)cc2c1. The Kier molecular flexibility index (Phi) is 9.39. The van der Waals surface area contributed by atoms with E-state index in [4.69, 9.17) is 27.9 Å². The van der Waals surface area contributed by atoms with Gasteiger partial charge >= 0.3 is 19.5 Å². The van der Waals surface area contributed by atoms with E-state index < -0.39 is 56.7 Å². The van der Waals surface area contributed by atoms with E-state index in [1.54, 1.807) is 29.4 Å². The van der Waals surface area contributed by atoms with E-state index in [-0.39, 0.29) is 23.7 Å². The van der Waals surface area contributed by atoms with Crippen LogP contribution in [0.2, 0.25) is 0 Å². The maximum absolute atomic E-state index is 14.8. The number of methoxy groups -OCH3 is 2. The summed E-state index contributed by atoms with van der Waals surface area (Å²) in [4.78, 5) is 50.6. The number of aromatic nitrogens is 2. The molecule has 1 aliphatic rings. The van der Waals surface area contributed by atoms with E-state index in [0.717, 1.165) is 12.3 Å². The van der Waals surface area contributed by atoms with Crippen LogP contribution in [0.4, 0.5) is 19.4 Å². The van der Waals surface area contributed by atoms with Gasteiger partial charge in [0.1, 0.15) is 17.3 Å². The Morgan fingerprint density at radius 2 is 1.91 bits per heavy atom. The van der Waals surface area contributed by atoms with E-state index in [1.165, 1.54) is 38.5 Å². The summed E-state index contributed by atoms with van der Waals surface area (Å²) >= 11 is 0. The number of nitrogens with zero attached hydrogens (tertiary/aromatic N) is 2. The van der Waals surface area contributed by atoms with Crippen LogP contribution < -0.4 is 25.6 Å². The average Bonchev–Trinajstić information content (AvgIpc) is 3.58. The van der Waals surface area contributed by atoms with Crippen molar-refractivity contribution in [1.29, 1.82) is 0 Å². The Hall–Kier alpha value is -4.83. The minimum atomic E-state index is -4.74. The van der Waals surface area contributed by atoms with Crippen molar-refractivity contribution >= 4 is 36.5 Å². The van der Waals surface area contributed by atoms with E-state index in [2.05, 4.69) is 10.3 Å². The van der Waals surface area contributed by atoms with E-state index in [0.29, 0.717) is 27.0 Å². The summed E-state index contributed by atoms with van der Waals surface area (Å²) in [6, 6.07) is 13.5. The number of rotatable bonds is 11. The molecule has 2 amide bonds. The molecule has 18 heteroatoms. The Bertz CT molecular complexity index is 1850. The summed E-state index contributed by atoms with van der Waals surface area (Å²) in [5, 5.41) is 4.67. The van der Waals surface area contributed by atoms with Gasteiger partial charge < -0.3 is 28.3 Å². The maximum atomic E-state index is 14.8. The fourth-order valence-electron chi connectivity index (χ4n) is 4.53. The summed E-state index contributed by atoms with van der Waals surface area (Å²) in [7, 11) is -1.79. The van der Waals surface area contributed by atoms with Gasteiger partial charge in [0.25, 0.3) is 11.8 Å². The molecular formula is C28H27F2N4O11P. The normalized spacial score (nSPS) is 18.5. The lowest BCUT2D eigenvalue weighted by Crippen LogP contribution is -2.35. The van der Waals surface area contributed by atoms with Crippen LogP contribution in [0.1, 0.15) is 28.8 Å². The lowest BCUT2D eigenvalue weighted by Gasteiger charge is -2.20. The van der Waals surface area contributed by atoms with Gasteiger partial charge in [-0.1, -0.05) is 18.2 Å². The number of hydrogen-bond acceptors (Lipinski definition) is 11. The van der Waals surface area contributed by atoms with Crippen LogP contribution in [0.5, 0.6) is 11.5 Å². The standard InChI is InChI=1S/C28H27F2N4O11P/c1-40-18-10-17-11-19(44-23(17)21(12-18)41-2)14-42-27(37)32-22-8-9-34(26(36)31-22)25-28(29,30)13-20(45-25)15-43-46(38,39)33-24(35)16-6-4-3-5-7-16/h3-12,20,25H,13-15H2,1-2H3,(H,31,32,36,37)(H2,33,35,38,39)/t20-,25+/m0/s1. The molecule has 0 bridgehead atoms. The molecular weight excluding hydrogens is 637 g/mol. The predicted octanol–water partition coefficient (Wildman–Crippen LogP) is 4.23. The molecule has 2 aromatic heterocycles. The number of carbonyl (C=O) groups excluding carboxylic acids is 2. The molecule has 244 valence electrons. The molecule has 2 aromatic carbocycles. The smallest absolute Gasteiger partial charge is 0.432 e. The van der Waals surface area contributed by atoms with Crippen molar-refractivity contribution in [2.45, 2.75) is 31.3 Å². The number of fused-ring (bicyclic) bond motifs is 1. The van der Waals surface area contributed by atoms with Crippen molar-refractivity contribution in [3.63, 3.8) is 0 Å². The number of ether oxygens (including phenoxy) is 4. The largest absolute Gasteiger partial charge is 0.497 e. The molecule has 0 spiro atoms. The van der Waals surface area contributed by atoms with Gasteiger partial charge in [-0.3, -0.25) is 24.3 Å². The number of halogens is 2. The second-order valence-electron chi connectivity index (χ2n) is 9.86. The summed E-state index contributed by atoms with van der Waals surface area (Å²) in [6.07, 6.45) is -4.61. The molecule has 15 nitrogen and oxygen atoms in total. The van der Waals surface area contributed by atoms with Gasteiger partial charge in [-0.25, -0.2) is 22.9 Å². The first kappa shape index (κ1) is 32.6. The molecule has 0 aliphatic carbocycles. The first-order chi connectivity index (χ1) is 21.9. The van der Waals surface area contributed by atoms with Gasteiger partial charge in [-0.15, -0.1) is 0 Å². The molecule has 0 saturated carbocycles. The molecule has 4 aromatic rings. The van der Waals surface area contributed by atoms with Crippen LogP contribution in [0.3, 0.4) is 0 Å². The third-order valence-electron chi connectivity index (χ3n) is 6.62. The number of alkyl halides is 2. The third-order valence-corrected chi connectivity index (χ3v) is 7.60. The maximum Gasteiger partial charge on any atom is 0.432 e. The third kappa shape index (κ3) is 7.51. The molecule has 1 fully saturated rings. The summed E-state index contributed by atoms with van der Waals surface area (Å²) < 4.78 is 73.8. The molecule has 1 aliphatic heterocycles. The monoisotopic (exact) mass is 664 g/mol. The minimum Gasteiger partial charge on any atom is -0.497 e. The Morgan fingerprint density at radius 1 is 1.15 bits per heavy atom. The van der Waals surface area contributed by atoms with Crippen molar-refractivity contribution in [2.75, 3.05) is 26.1 Å². The fourth-order valence-corrected chi connectivity index (χ4v) is 5.35. The zero-order chi connectivity index (χ0) is 33.1. The number of carbonyl (C=O) groups is 2.